The molecule has 112 valence electrons. The molecule has 0 spiro atoms. The van der Waals surface area contributed by atoms with Crippen LogP contribution in [0.15, 0.2) is 22.6 Å². The van der Waals surface area contributed by atoms with Gasteiger partial charge in [-0.15, -0.1) is 11.3 Å². The van der Waals surface area contributed by atoms with Crippen LogP contribution in [-0.2, 0) is 11.3 Å². The van der Waals surface area contributed by atoms with E-state index in [4.69, 9.17) is 0 Å². The molecule has 1 aliphatic carbocycles. The second-order valence-electron chi connectivity index (χ2n) is 5.39. The molecule has 0 radical (unpaired) electrons. The second-order valence-corrected chi connectivity index (χ2v) is 6.28. The first-order chi connectivity index (χ1) is 10.1. The zero-order chi connectivity index (χ0) is 14.8. The molecule has 2 aromatic heterocycles. The summed E-state index contributed by atoms with van der Waals surface area (Å²) >= 11 is 1.41. The molecule has 1 saturated carbocycles. The zero-order valence-corrected chi connectivity index (χ0v) is 12.3. The number of amides is 1. The fourth-order valence-corrected chi connectivity index (χ4v) is 3.38. The Balaban J connectivity index is 1.66. The van der Waals surface area contributed by atoms with Crippen LogP contribution in [-0.4, -0.2) is 32.7 Å². The molecule has 3 rings (SSSR count). The zero-order valence-electron chi connectivity index (χ0n) is 11.5. The number of hydrogen-bond acceptors (Lipinski definition) is 5. The third-order valence-electron chi connectivity index (χ3n) is 3.83. The quantitative estimate of drug-likeness (QED) is 0.881. The van der Waals surface area contributed by atoms with Gasteiger partial charge in [0.15, 0.2) is 0 Å². The molecule has 21 heavy (non-hydrogen) atoms. The van der Waals surface area contributed by atoms with Crippen LogP contribution >= 0.6 is 11.3 Å². The van der Waals surface area contributed by atoms with Gasteiger partial charge in [0.25, 0.3) is 5.56 Å². The minimum Gasteiger partial charge on any atom is -0.393 e. The van der Waals surface area contributed by atoms with Gasteiger partial charge in [-0.2, -0.15) is 0 Å². The smallest absolute Gasteiger partial charge is 0.262 e. The van der Waals surface area contributed by atoms with Crippen molar-refractivity contribution in [3.8, 4) is 0 Å². The van der Waals surface area contributed by atoms with Gasteiger partial charge in [0, 0.05) is 6.04 Å². The summed E-state index contributed by atoms with van der Waals surface area (Å²) in [6.45, 7) is -0.0172. The lowest BCUT2D eigenvalue weighted by Gasteiger charge is -2.26. The SMILES string of the molecule is O=C(Cn1cnc2sccc2c1=O)NC1CCC(O)CC1. The summed E-state index contributed by atoms with van der Waals surface area (Å²) in [5, 5.41) is 14.7. The van der Waals surface area contributed by atoms with E-state index >= 15 is 0 Å². The number of fused-ring (bicyclic) bond motifs is 1. The summed E-state index contributed by atoms with van der Waals surface area (Å²) in [6, 6.07) is 1.82. The maximum Gasteiger partial charge on any atom is 0.262 e. The topological polar surface area (TPSA) is 84.2 Å². The molecule has 1 amide bonds. The van der Waals surface area contributed by atoms with Gasteiger partial charge in [-0.1, -0.05) is 0 Å². The first-order valence-electron chi connectivity index (χ1n) is 7.03. The third-order valence-corrected chi connectivity index (χ3v) is 4.65. The minimum atomic E-state index is -0.244. The number of aromatic nitrogens is 2. The third kappa shape index (κ3) is 3.14. The Labute approximate surface area is 125 Å². The molecular weight excluding hydrogens is 290 g/mol. The summed E-state index contributed by atoms with van der Waals surface area (Å²) < 4.78 is 1.34. The Bertz CT molecular complexity index is 701. The van der Waals surface area contributed by atoms with Crippen LogP contribution in [0.25, 0.3) is 10.2 Å². The Morgan fingerprint density at radius 2 is 2.19 bits per heavy atom. The summed E-state index contributed by atoms with van der Waals surface area (Å²) in [4.78, 5) is 29.1. The van der Waals surface area contributed by atoms with Crippen LogP contribution in [0.1, 0.15) is 25.7 Å². The Morgan fingerprint density at radius 3 is 2.95 bits per heavy atom. The van der Waals surface area contributed by atoms with Crippen LogP contribution in [0.3, 0.4) is 0 Å². The van der Waals surface area contributed by atoms with Gasteiger partial charge in [0.05, 0.1) is 17.8 Å². The first-order valence-corrected chi connectivity index (χ1v) is 7.91. The highest BCUT2D eigenvalue weighted by atomic mass is 32.1. The van der Waals surface area contributed by atoms with E-state index < -0.39 is 0 Å². The van der Waals surface area contributed by atoms with Gasteiger partial charge in [0.1, 0.15) is 11.4 Å². The molecule has 0 unspecified atom stereocenters. The molecule has 2 heterocycles. The molecule has 1 fully saturated rings. The monoisotopic (exact) mass is 307 g/mol. The van der Waals surface area contributed by atoms with Crippen LogP contribution in [0.5, 0.6) is 0 Å². The number of nitrogens with one attached hydrogen (secondary N) is 1. The standard InChI is InChI=1S/C14H17N3O3S/c18-10-3-1-9(2-4-10)16-12(19)7-17-8-15-13-11(14(17)20)5-6-21-13/h5-6,8-10,18H,1-4,7H2,(H,16,19). The van der Waals surface area contributed by atoms with Crippen LogP contribution in [0, 0.1) is 0 Å². The average molecular weight is 307 g/mol. The molecule has 0 saturated heterocycles. The number of carbonyl (C=O) groups excluding carboxylic acids is 1. The molecule has 0 aromatic carbocycles. The van der Waals surface area contributed by atoms with Crippen molar-refractivity contribution < 1.29 is 9.90 Å². The second kappa shape index (κ2) is 5.95. The maximum absolute atomic E-state index is 12.2. The molecular formula is C14H17N3O3S. The number of hydrogen-bond donors (Lipinski definition) is 2. The van der Waals surface area contributed by atoms with Gasteiger partial charge >= 0.3 is 0 Å². The molecule has 7 heteroatoms. The fraction of sp³-hybridized carbons (Fsp3) is 0.500. The molecule has 0 bridgehead atoms. The van der Waals surface area contributed by atoms with Crippen molar-refractivity contribution in [2.45, 2.75) is 44.4 Å². The summed E-state index contributed by atoms with van der Waals surface area (Å²) in [6.07, 6.45) is 4.17. The van der Waals surface area contributed by atoms with E-state index in [2.05, 4.69) is 10.3 Å². The number of aliphatic hydroxyl groups excluding tert-OH is 1. The molecule has 0 aliphatic heterocycles. The summed E-state index contributed by atoms with van der Waals surface area (Å²) in [7, 11) is 0. The van der Waals surface area contributed by atoms with Crippen molar-refractivity contribution in [1.82, 2.24) is 14.9 Å². The first kappa shape index (κ1) is 14.2. The Morgan fingerprint density at radius 1 is 1.43 bits per heavy atom. The summed E-state index contributed by atoms with van der Waals surface area (Å²) in [5.41, 5.74) is -0.185. The predicted octanol–water partition coefficient (Wildman–Crippen LogP) is 0.878. The highest BCUT2D eigenvalue weighted by Crippen LogP contribution is 2.18. The van der Waals surface area contributed by atoms with Crippen molar-refractivity contribution in [1.29, 1.82) is 0 Å². The molecule has 1 aliphatic rings. The lowest BCUT2D eigenvalue weighted by molar-refractivity contribution is -0.122. The van der Waals surface area contributed by atoms with Gasteiger partial charge in [-0.25, -0.2) is 4.98 Å². The highest BCUT2D eigenvalue weighted by molar-refractivity contribution is 7.16. The molecule has 6 nitrogen and oxygen atoms in total. The van der Waals surface area contributed by atoms with Crippen molar-refractivity contribution in [2.75, 3.05) is 0 Å². The number of aliphatic hydroxyl groups is 1. The molecule has 2 N–H and O–H groups in total. The van der Waals surface area contributed by atoms with E-state index in [1.54, 1.807) is 6.07 Å². The number of thiophene rings is 1. The van der Waals surface area contributed by atoms with E-state index in [1.807, 2.05) is 5.38 Å². The van der Waals surface area contributed by atoms with Gasteiger partial charge in [-0.05, 0) is 37.1 Å². The minimum absolute atomic E-state index is 0.0172. The average Bonchev–Trinajstić information content (AvgIpc) is 2.94. The largest absolute Gasteiger partial charge is 0.393 e. The van der Waals surface area contributed by atoms with E-state index in [0.717, 1.165) is 12.8 Å². The van der Waals surface area contributed by atoms with Gasteiger partial charge in [-0.3, -0.25) is 14.2 Å². The van der Waals surface area contributed by atoms with E-state index in [-0.39, 0.29) is 30.2 Å². The van der Waals surface area contributed by atoms with Crippen LogP contribution < -0.4 is 10.9 Å². The Kier molecular flexibility index (Phi) is 4.03. The highest BCUT2D eigenvalue weighted by Gasteiger charge is 2.21. The lowest BCUT2D eigenvalue weighted by atomic mass is 9.93. The van der Waals surface area contributed by atoms with Crippen LogP contribution in [0.4, 0.5) is 0 Å². The van der Waals surface area contributed by atoms with Gasteiger partial charge < -0.3 is 10.4 Å². The van der Waals surface area contributed by atoms with Crippen molar-refractivity contribution in [2.24, 2.45) is 0 Å². The summed E-state index contributed by atoms with van der Waals surface area (Å²) in [5.74, 6) is -0.185. The number of carbonyl (C=O) groups is 1. The van der Waals surface area contributed by atoms with Crippen molar-refractivity contribution in [3.63, 3.8) is 0 Å². The van der Waals surface area contributed by atoms with Gasteiger partial charge in [0.2, 0.25) is 5.91 Å². The van der Waals surface area contributed by atoms with E-state index in [0.29, 0.717) is 23.1 Å². The lowest BCUT2D eigenvalue weighted by Crippen LogP contribution is -2.41. The number of nitrogens with zero attached hydrogens (tertiary/aromatic N) is 2. The Hall–Kier alpha value is -1.73. The van der Waals surface area contributed by atoms with Crippen LogP contribution in [0.2, 0.25) is 0 Å². The number of rotatable bonds is 3. The van der Waals surface area contributed by atoms with E-state index in [1.165, 1.54) is 22.2 Å². The predicted molar refractivity (Wildman–Crippen MR) is 80.3 cm³/mol. The van der Waals surface area contributed by atoms with E-state index in [9.17, 15) is 14.7 Å². The maximum atomic E-state index is 12.2. The molecule has 2 aromatic rings. The normalized spacial score (nSPS) is 22.3. The van der Waals surface area contributed by atoms with Crippen molar-refractivity contribution >= 4 is 27.5 Å². The van der Waals surface area contributed by atoms with Crippen molar-refractivity contribution in [3.05, 3.63) is 28.1 Å². The molecule has 0 atom stereocenters. The fourth-order valence-electron chi connectivity index (χ4n) is 2.65.